The first kappa shape index (κ1) is 27.4. The number of piperidine rings is 2. The minimum Gasteiger partial charge on any atom is -0.375 e. The Bertz CT molecular complexity index is 880. The second-order valence-electron chi connectivity index (χ2n) is 9.09. The van der Waals surface area contributed by atoms with Crippen LogP contribution < -0.4 is 10.2 Å². The number of carbonyl (C=O) groups excluding carboxylic acids is 3. The standard InChI is InChI=1S/C24H33ClN4O4.C2H6/c1-2-10-27-11-5-18(6-12-27)33-19-7-13-28(14-8-19)23(31)17-3-4-20(25)21(16-17)29-15-9-22(30)26-24(29)32;1-2/h3-4,16,18-19H,2,5-15H2,1H3,(H,26,30,32);1-2H3. The Morgan fingerprint density at radius 2 is 1.66 bits per heavy atom. The molecule has 1 N–H and O–H groups in total. The van der Waals surface area contributed by atoms with E-state index in [-0.39, 0.29) is 30.9 Å². The van der Waals surface area contributed by atoms with E-state index in [2.05, 4.69) is 17.1 Å². The molecule has 0 atom stereocenters. The number of ether oxygens (including phenoxy) is 1. The van der Waals surface area contributed by atoms with Crippen LogP contribution in [0.3, 0.4) is 0 Å². The molecule has 4 amide bonds. The van der Waals surface area contributed by atoms with Gasteiger partial charge in [0.05, 0.1) is 22.9 Å². The van der Waals surface area contributed by atoms with Crippen LogP contribution in [0, 0.1) is 0 Å². The smallest absolute Gasteiger partial charge is 0.328 e. The highest BCUT2D eigenvalue weighted by atomic mass is 35.5. The Labute approximate surface area is 213 Å². The van der Waals surface area contributed by atoms with Crippen LogP contribution in [0.25, 0.3) is 0 Å². The molecule has 0 bridgehead atoms. The molecular weight excluding hydrogens is 468 g/mol. The van der Waals surface area contributed by atoms with E-state index in [0.29, 0.717) is 35.5 Å². The number of imide groups is 1. The van der Waals surface area contributed by atoms with Crippen molar-refractivity contribution in [3.63, 3.8) is 0 Å². The third-order valence-electron chi connectivity index (χ3n) is 6.73. The molecular formula is C26H39ClN4O4. The number of benzene rings is 1. The van der Waals surface area contributed by atoms with Gasteiger partial charge in [-0.15, -0.1) is 0 Å². The number of nitrogens with zero attached hydrogens (tertiary/aromatic N) is 3. The fourth-order valence-corrected chi connectivity index (χ4v) is 5.10. The van der Waals surface area contributed by atoms with E-state index in [0.717, 1.165) is 38.8 Å². The summed E-state index contributed by atoms with van der Waals surface area (Å²) in [5.74, 6) is -0.385. The highest BCUT2D eigenvalue weighted by molar-refractivity contribution is 6.34. The van der Waals surface area contributed by atoms with Crippen LogP contribution in [0.5, 0.6) is 0 Å². The van der Waals surface area contributed by atoms with Gasteiger partial charge in [0.15, 0.2) is 0 Å². The molecule has 194 valence electrons. The minimum atomic E-state index is -0.517. The van der Waals surface area contributed by atoms with Crippen LogP contribution in [0.4, 0.5) is 10.5 Å². The average Bonchev–Trinajstić information content (AvgIpc) is 2.87. The molecule has 4 rings (SSSR count). The molecule has 8 nitrogen and oxygen atoms in total. The predicted molar refractivity (Wildman–Crippen MR) is 138 cm³/mol. The summed E-state index contributed by atoms with van der Waals surface area (Å²) in [5.41, 5.74) is 0.932. The Morgan fingerprint density at radius 1 is 1.03 bits per heavy atom. The van der Waals surface area contributed by atoms with Gasteiger partial charge in [-0.05, 0) is 56.8 Å². The second kappa shape index (κ2) is 13.2. The number of anilines is 1. The summed E-state index contributed by atoms with van der Waals surface area (Å²) in [6, 6.07) is 4.45. The van der Waals surface area contributed by atoms with Gasteiger partial charge in [-0.2, -0.15) is 0 Å². The van der Waals surface area contributed by atoms with Crippen molar-refractivity contribution < 1.29 is 19.1 Å². The molecule has 3 saturated heterocycles. The molecule has 0 aliphatic carbocycles. The molecule has 0 saturated carbocycles. The molecule has 3 aliphatic heterocycles. The molecule has 0 radical (unpaired) electrons. The maximum Gasteiger partial charge on any atom is 0.328 e. The highest BCUT2D eigenvalue weighted by Crippen LogP contribution is 2.30. The molecule has 9 heteroatoms. The van der Waals surface area contributed by atoms with Crippen molar-refractivity contribution in [3.8, 4) is 0 Å². The summed E-state index contributed by atoms with van der Waals surface area (Å²) in [4.78, 5) is 42.6. The Hall–Kier alpha value is -2.16. The lowest BCUT2D eigenvalue weighted by atomic mass is 10.0. The van der Waals surface area contributed by atoms with E-state index in [1.54, 1.807) is 18.2 Å². The first-order chi connectivity index (χ1) is 16.9. The summed E-state index contributed by atoms with van der Waals surface area (Å²) in [7, 11) is 0. The van der Waals surface area contributed by atoms with Crippen molar-refractivity contribution in [2.75, 3.05) is 44.2 Å². The molecule has 0 aromatic heterocycles. The monoisotopic (exact) mass is 506 g/mol. The largest absolute Gasteiger partial charge is 0.375 e. The zero-order valence-electron chi connectivity index (χ0n) is 21.2. The van der Waals surface area contributed by atoms with Gasteiger partial charge in [0.2, 0.25) is 5.91 Å². The normalized spacial score (nSPS) is 20.3. The topological polar surface area (TPSA) is 82.2 Å². The number of nitrogens with one attached hydrogen (secondary N) is 1. The number of likely N-dealkylation sites (tertiary alicyclic amines) is 2. The number of hydrogen-bond acceptors (Lipinski definition) is 5. The van der Waals surface area contributed by atoms with Crippen molar-refractivity contribution in [1.29, 1.82) is 0 Å². The number of rotatable bonds is 6. The second-order valence-corrected chi connectivity index (χ2v) is 9.50. The summed E-state index contributed by atoms with van der Waals surface area (Å²) in [6.45, 7) is 11.1. The van der Waals surface area contributed by atoms with Crippen LogP contribution in [0.15, 0.2) is 18.2 Å². The molecule has 3 heterocycles. The molecule has 0 unspecified atom stereocenters. The number of urea groups is 1. The van der Waals surface area contributed by atoms with Gasteiger partial charge in [0.25, 0.3) is 5.91 Å². The van der Waals surface area contributed by atoms with Crippen molar-refractivity contribution in [2.24, 2.45) is 0 Å². The fourth-order valence-electron chi connectivity index (χ4n) is 4.88. The van der Waals surface area contributed by atoms with Gasteiger partial charge in [-0.3, -0.25) is 19.8 Å². The van der Waals surface area contributed by atoms with E-state index < -0.39 is 6.03 Å². The number of amides is 4. The molecule has 0 spiro atoms. The molecule has 3 fully saturated rings. The van der Waals surface area contributed by atoms with Crippen molar-refractivity contribution in [2.45, 2.75) is 71.5 Å². The van der Waals surface area contributed by atoms with Crippen LogP contribution in [0.2, 0.25) is 5.02 Å². The number of hydrogen-bond donors (Lipinski definition) is 1. The Kier molecular flexibility index (Phi) is 10.4. The van der Waals surface area contributed by atoms with Crippen molar-refractivity contribution in [1.82, 2.24) is 15.1 Å². The maximum atomic E-state index is 13.1. The fraction of sp³-hybridized carbons (Fsp3) is 0.654. The molecule has 3 aliphatic rings. The van der Waals surface area contributed by atoms with Crippen molar-refractivity contribution in [3.05, 3.63) is 28.8 Å². The van der Waals surface area contributed by atoms with Crippen LogP contribution in [-0.4, -0.2) is 79.1 Å². The first-order valence-electron chi connectivity index (χ1n) is 13.0. The van der Waals surface area contributed by atoms with Gasteiger partial charge in [0.1, 0.15) is 0 Å². The van der Waals surface area contributed by atoms with Crippen LogP contribution in [-0.2, 0) is 9.53 Å². The van der Waals surface area contributed by atoms with Gasteiger partial charge >= 0.3 is 6.03 Å². The predicted octanol–water partition coefficient (Wildman–Crippen LogP) is 4.31. The quantitative estimate of drug-likeness (QED) is 0.621. The lowest BCUT2D eigenvalue weighted by molar-refractivity contribution is -0.120. The molecule has 35 heavy (non-hydrogen) atoms. The molecule has 1 aromatic rings. The van der Waals surface area contributed by atoms with E-state index in [1.807, 2.05) is 18.7 Å². The van der Waals surface area contributed by atoms with Gasteiger partial charge in [0, 0.05) is 44.7 Å². The Balaban J connectivity index is 0.00000167. The third-order valence-corrected chi connectivity index (χ3v) is 7.05. The van der Waals surface area contributed by atoms with Gasteiger partial charge in [-0.1, -0.05) is 32.4 Å². The summed E-state index contributed by atoms with van der Waals surface area (Å²) >= 11 is 6.31. The highest BCUT2D eigenvalue weighted by Gasteiger charge is 2.30. The lowest BCUT2D eigenvalue weighted by Crippen LogP contribution is -2.49. The summed E-state index contributed by atoms with van der Waals surface area (Å²) in [5, 5.41) is 2.66. The zero-order valence-corrected chi connectivity index (χ0v) is 22.0. The zero-order chi connectivity index (χ0) is 25.4. The number of carbonyl (C=O) groups is 3. The SMILES string of the molecule is CC.CCCN1CCC(OC2CCN(C(=O)c3ccc(Cl)c(N4CCC(=O)NC4=O)c3)CC2)CC1. The summed E-state index contributed by atoms with van der Waals surface area (Å²) in [6.07, 6.45) is 5.75. The minimum absolute atomic E-state index is 0.0762. The third kappa shape index (κ3) is 7.18. The first-order valence-corrected chi connectivity index (χ1v) is 13.4. The maximum absolute atomic E-state index is 13.1. The van der Waals surface area contributed by atoms with E-state index in [4.69, 9.17) is 16.3 Å². The van der Waals surface area contributed by atoms with Gasteiger partial charge < -0.3 is 14.5 Å². The number of halogens is 1. The van der Waals surface area contributed by atoms with E-state index in [9.17, 15) is 14.4 Å². The lowest BCUT2D eigenvalue weighted by Gasteiger charge is -2.37. The average molecular weight is 507 g/mol. The molecule has 1 aromatic carbocycles. The van der Waals surface area contributed by atoms with Crippen molar-refractivity contribution >= 4 is 35.1 Å². The summed E-state index contributed by atoms with van der Waals surface area (Å²) < 4.78 is 6.37. The van der Waals surface area contributed by atoms with Crippen LogP contribution in [0.1, 0.15) is 69.7 Å². The van der Waals surface area contributed by atoms with Gasteiger partial charge in [-0.25, -0.2) is 4.79 Å². The van der Waals surface area contributed by atoms with E-state index in [1.165, 1.54) is 17.9 Å². The van der Waals surface area contributed by atoms with E-state index >= 15 is 0 Å². The van der Waals surface area contributed by atoms with Crippen LogP contribution >= 0.6 is 11.6 Å². The Morgan fingerprint density at radius 3 is 2.26 bits per heavy atom.